The molecule has 0 saturated heterocycles. The maximum Gasteiger partial charge on any atom is 0.310 e. The number of carboxylic acid groups (broad SMARTS) is 1. The number of hydrogen-bond acceptors (Lipinski definition) is 3. The summed E-state index contributed by atoms with van der Waals surface area (Å²) in [5.41, 5.74) is 1.16. The second kappa shape index (κ2) is 5.76. The van der Waals surface area contributed by atoms with E-state index in [1.165, 1.54) is 0 Å². The second-order valence-electron chi connectivity index (χ2n) is 4.96. The second-order valence-corrected chi connectivity index (χ2v) is 4.96. The van der Waals surface area contributed by atoms with Gasteiger partial charge in [0.2, 0.25) is 0 Å². The van der Waals surface area contributed by atoms with Gasteiger partial charge in [0, 0.05) is 12.2 Å². The number of hydrogen-bond donors (Lipinski definition) is 2. The first-order valence-corrected chi connectivity index (χ1v) is 6.07. The summed E-state index contributed by atoms with van der Waals surface area (Å²) in [6, 6.07) is 5.76. The van der Waals surface area contributed by atoms with Crippen molar-refractivity contribution in [1.29, 1.82) is 0 Å². The Morgan fingerprint density at radius 2 is 2.11 bits per heavy atom. The molecular formula is C14H21NO3. The third-order valence-corrected chi connectivity index (χ3v) is 2.79. The van der Waals surface area contributed by atoms with Crippen LogP contribution in [0.5, 0.6) is 5.75 Å². The van der Waals surface area contributed by atoms with Crippen molar-refractivity contribution in [2.75, 3.05) is 18.5 Å². The van der Waals surface area contributed by atoms with Crippen LogP contribution in [0.25, 0.3) is 0 Å². The monoisotopic (exact) mass is 251 g/mol. The third kappa shape index (κ3) is 3.65. The Morgan fingerprint density at radius 1 is 1.44 bits per heavy atom. The van der Waals surface area contributed by atoms with Crippen molar-refractivity contribution in [3.05, 3.63) is 23.8 Å². The molecule has 1 rings (SSSR count). The lowest BCUT2D eigenvalue weighted by atomic mass is 9.94. The largest absolute Gasteiger partial charge is 0.494 e. The Bertz CT molecular complexity index is 427. The fourth-order valence-electron chi connectivity index (χ4n) is 1.48. The summed E-state index contributed by atoms with van der Waals surface area (Å²) in [5, 5.41) is 12.2. The van der Waals surface area contributed by atoms with E-state index in [4.69, 9.17) is 9.84 Å². The van der Waals surface area contributed by atoms with E-state index in [1.807, 2.05) is 32.0 Å². The summed E-state index contributed by atoms with van der Waals surface area (Å²) in [5.74, 6) is 0.0539. The Balaban J connectivity index is 2.69. The average Bonchev–Trinajstić information content (AvgIpc) is 2.30. The van der Waals surface area contributed by atoms with Crippen LogP contribution < -0.4 is 10.1 Å². The van der Waals surface area contributed by atoms with E-state index < -0.39 is 11.4 Å². The van der Waals surface area contributed by atoms with Gasteiger partial charge in [-0.05, 0) is 51.5 Å². The molecule has 0 heterocycles. The van der Waals surface area contributed by atoms with Gasteiger partial charge in [0.15, 0.2) is 0 Å². The van der Waals surface area contributed by atoms with Crippen molar-refractivity contribution in [2.45, 2.75) is 27.7 Å². The molecule has 4 heteroatoms. The summed E-state index contributed by atoms with van der Waals surface area (Å²) in [7, 11) is 0. The molecule has 1 aromatic rings. The molecule has 0 aromatic heterocycles. The Hall–Kier alpha value is -1.71. The summed E-state index contributed by atoms with van der Waals surface area (Å²) in [4.78, 5) is 11.0. The maximum absolute atomic E-state index is 11.0. The molecule has 0 aliphatic carbocycles. The molecular weight excluding hydrogens is 230 g/mol. The number of benzene rings is 1. The number of rotatable bonds is 6. The Labute approximate surface area is 108 Å². The lowest BCUT2D eigenvalue weighted by molar-refractivity contribution is -0.146. The zero-order valence-electron chi connectivity index (χ0n) is 11.4. The normalized spacial score (nSPS) is 11.1. The maximum atomic E-state index is 11.0. The van der Waals surface area contributed by atoms with Gasteiger partial charge in [0.25, 0.3) is 0 Å². The molecule has 0 bridgehead atoms. The van der Waals surface area contributed by atoms with Gasteiger partial charge in [-0.15, -0.1) is 0 Å². The summed E-state index contributed by atoms with van der Waals surface area (Å²) < 4.78 is 5.45. The minimum atomic E-state index is -0.808. The molecule has 0 aliphatic heterocycles. The highest BCUT2D eigenvalue weighted by molar-refractivity contribution is 5.74. The molecule has 0 spiro atoms. The van der Waals surface area contributed by atoms with Crippen LogP contribution >= 0.6 is 0 Å². The summed E-state index contributed by atoms with van der Waals surface area (Å²) in [6.45, 7) is 8.34. The zero-order chi connectivity index (χ0) is 13.8. The number of nitrogens with one attached hydrogen (secondary N) is 1. The fourth-order valence-corrected chi connectivity index (χ4v) is 1.48. The number of anilines is 1. The van der Waals surface area contributed by atoms with E-state index in [2.05, 4.69) is 5.32 Å². The van der Waals surface area contributed by atoms with Crippen molar-refractivity contribution in [3.63, 3.8) is 0 Å². The van der Waals surface area contributed by atoms with Gasteiger partial charge in [-0.25, -0.2) is 0 Å². The van der Waals surface area contributed by atoms with Crippen molar-refractivity contribution in [1.82, 2.24) is 0 Å². The van der Waals surface area contributed by atoms with Gasteiger partial charge >= 0.3 is 5.97 Å². The van der Waals surface area contributed by atoms with Crippen LogP contribution in [-0.4, -0.2) is 24.2 Å². The van der Waals surface area contributed by atoms with E-state index >= 15 is 0 Å². The predicted molar refractivity (Wildman–Crippen MR) is 72.3 cm³/mol. The molecule has 0 fully saturated rings. The lowest BCUT2D eigenvalue weighted by Gasteiger charge is -2.20. The van der Waals surface area contributed by atoms with E-state index in [1.54, 1.807) is 13.8 Å². The first-order chi connectivity index (χ1) is 8.36. The Kier molecular flexibility index (Phi) is 4.59. The predicted octanol–water partition coefficient (Wildman–Crippen LogP) is 2.92. The van der Waals surface area contributed by atoms with Gasteiger partial charge in [-0.2, -0.15) is 0 Å². The number of carbonyl (C=O) groups is 1. The van der Waals surface area contributed by atoms with Crippen LogP contribution in [0, 0.1) is 12.3 Å². The van der Waals surface area contributed by atoms with Gasteiger partial charge in [-0.3, -0.25) is 4.79 Å². The fraction of sp³-hybridized carbons (Fsp3) is 0.500. The molecule has 0 radical (unpaired) electrons. The topological polar surface area (TPSA) is 58.6 Å². The molecule has 0 unspecified atom stereocenters. The smallest absolute Gasteiger partial charge is 0.310 e. The minimum Gasteiger partial charge on any atom is -0.494 e. The van der Waals surface area contributed by atoms with Crippen molar-refractivity contribution in [2.24, 2.45) is 5.41 Å². The van der Waals surface area contributed by atoms with Gasteiger partial charge in [0.05, 0.1) is 12.0 Å². The van der Waals surface area contributed by atoms with Crippen LogP contribution in [-0.2, 0) is 4.79 Å². The molecule has 4 nitrogen and oxygen atoms in total. The number of aryl methyl sites for hydroxylation is 1. The SMILES string of the molecule is CCOc1ccc(NCC(C)(C)C(=O)O)cc1C. The quantitative estimate of drug-likeness (QED) is 0.816. The number of ether oxygens (including phenoxy) is 1. The van der Waals surface area contributed by atoms with Gasteiger partial charge in [-0.1, -0.05) is 0 Å². The average molecular weight is 251 g/mol. The number of aliphatic carboxylic acids is 1. The van der Waals surface area contributed by atoms with Crippen LogP contribution in [0.4, 0.5) is 5.69 Å². The van der Waals surface area contributed by atoms with E-state index in [0.29, 0.717) is 13.2 Å². The molecule has 100 valence electrons. The summed E-state index contributed by atoms with van der Waals surface area (Å²) >= 11 is 0. The van der Waals surface area contributed by atoms with Crippen LogP contribution in [0.3, 0.4) is 0 Å². The standard InChI is InChI=1S/C14H21NO3/c1-5-18-12-7-6-11(8-10(12)2)15-9-14(3,4)13(16)17/h6-8,15H,5,9H2,1-4H3,(H,16,17). The minimum absolute atomic E-state index is 0.385. The molecule has 2 N–H and O–H groups in total. The Morgan fingerprint density at radius 3 is 2.61 bits per heavy atom. The first kappa shape index (κ1) is 14.4. The van der Waals surface area contributed by atoms with E-state index in [0.717, 1.165) is 17.0 Å². The van der Waals surface area contributed by atoms with Gasteiger partial charge in [0.1, 0.15) is 5.75 Å². The van der Waals surface area contributed by atoms with Crippen molar-refractivity contribution in [3.8, 4) is 5.75 Å². The van der Waals surface area contributed by atoms with Crippen molar-refractivity contribution >= 4 is 11.7 Å². The molecule has 0 aliphatic rings. The highest BCUT2D eigenvalue weighted by Gasteiger charge is 2.26. The first-order valence-electron chi connectivity index (χ1n) is 6.07. The van der Waals surface area contributed by atoms with Crippen LogP contribution in [0.1, 0.15) is 26.3 Å². The van der Waals surface area contributed by atoms with E-state index in [-0.39, 0.29) is 0 Å². The molecule has 0 atom stereocenters. The molecule has 18 heavy (non-hydrogen) atoms. The highest BCUT2D eigenvalue weighted by atomic mass is 16.5. The number of carboxylic acids is 1. The zero-order valence-corrected chi connectivity index (χ0v) is 11.4. The third-order valence-electron chi connectivity index (χ3n) is 2.79. The molecule has 1 aromatic carbocycles. The van der Waals surface area contributed by atoms with Crippen LogP contribution in [0.2, 0.25) is 0 Å². The summed E-state index contributed by atoms with van der Waals surface area (Å²) in [6.07, 6.45) is 0. The van der Waals surface area contributed by atoms with Crippen LogP contribution in [0.15, 0.2) is 18.2 Å². The molecule has 0 amide bonds. The van der Waals surface area contributed by atoms with Gasteiger partial charge < -0.3 is 15.2 Å². The van der Waals surface area contributed by atoms with Crippen molar-refractivity contribution < 1.29 is 14.6 Å². The highest BCUT2D eigenvalue weighted by Crippen LogP contribution is 2.23. The van der Waals surface area contributed by atoms with E-state index in [9.17, 15) is 4.79 Å². The lowest BCUT2D eigenvalue weighted by Crippen LogP contribution is -2.31. The molecule has 0 saturated carbocycles.